The zero-order valence-corrected chi connectivity index (χ0v) is 45.1. The first-order valence-electron chi connectivity index (χ1n) is 25.2. The highest BCUT2D eigenvalue weighted by Crippen LogP contribution is 2.55. The lowest BCUT2D eigenvalue weighted by molar-refractivity contribution is -1.08. The quantitative estimate of drug-likeness (QED) is 0.0184. The van der Waals surface area contributed by atoms with Crippen LogP contribution in [0, 0.1) is 6.07 Å². The Morgan fingerprint density at radius 2 is 0.774 bits per heavy atom. The van der Waals surface area contributed by atoms with E-state index in [0.29, 0.717) is 25.0 Å². The lowest BCUT2D eigenvalue weighted by atomic mass is 9.85. The van der Waals surface area contributed by atoms with Crippen molar-refractivity contribution in [2.75, 3.05) is 26.4 Å². The maximum atomic E-state index is 15.9. The smallest absolute Gasteiger partial charge is 0.490 e. The summed E-state index contributed by atoms with van der Waals surface area (Å²) in [5.41, 5.74) is -19.6. The van der Waals surface area contributed by atoms with Gasteiger partial charge in [-0.25, -0.2) is 4.48 Å². The summed E-state index contributed by atoms with van der Waals surface area (Å²) >= 11 is 0. The van der Waals surface area contributed by atoms with E-state index in [0.717, 1.165) is 0 Å². The molecule has 0 radical (unpaired) electrons. The lowest BCUT2D eigenvalue weighted by Gasteiger charge is -2.59. The highest BCUT2D eigenvalue weighted by molar-refractivity contribution is 6.39. The normalized spacial score (nSPS) is 15.3. The van der Waals surface area contributed by atoms with E-state index in [-0.39, 0.29) is 81.5 Å². The van der Waals surface area contributed by atoms with E-state index in [1.54, 1.807) is 26.8 Å². The standard InChI is InChI=1S/C44H51BF18NO6.C8H3F6/c1-8-15-16-17-64(35(9-2)65-12-5,36(10-3)66-13-6)38(11-4,67-14-7)37-33(44(61,62)63)24-30(43(58,59)60)25-34(37)70-45(68-31-20-26(39(46,47)48)18-27(21-31)40(49,50)51)69-32-22-28(41(52,53)54)19-29(23-32)42(55,56)57;9-7(10,11)5-2-1-3-6(4-5)8(12,13)14/h18-25,35-36H,8-17H2,1-7H3;2-4H/q+1;-1. The Kier molecular flexibility index (Phi) is 24.2. The molecule has 84 heavy (non-hydrogen) atoms. The molecule has 4 aromatic carbocycles. The summed E-state index contributed by atoms with van der Waals surface area (Å²) < 4.78 is 367. The number of nitrogens with zero attached hydrogens (tertiary/aromatic N) is 1. The van der Waals surface area contributed by atoms with Crippen molar-refractivity contribution in [1.82, 2.24) is 0 Å². The molecule has 0 aliphatic heterocycles. The molecule has 32 heteroatoms. The fourth-order valence-electron chi connectivity index (χ4n) is 9.18. The Morgan fingerprint density at radius 3 is 1.07 bits per heavy atom. The monoisotopic (exact) mass is 1260 g/mol. The van der Waals surface area contributed by atoms with Gasteiger partial charge in [0.15, 0.2) is 12.5 Å². The van der Waals surface area contributed by atoms with Crippen LogP contribution in [0.4, 0.5) is 105 Å². The van der Waals surface area contributed by atoms with Crippen molar-refractivity contribution < 1.29 is 138 Å². The summed E-state index contributed by atoms with van der Waals surface area (Å²) in [6.45, 7) is 9.54. The molecule has 0 fully saturated rings. The minimum atomic E-state index is -5.85. The van der Waals surface area contributed by atoms with E-state index < -0.39 is 172 Å². The van der Waals surface area contributed by atoms with Crippen LogP contribution < -0.4 is 14.0 Å². The van der Waals surface area contributed by atoms with Crippen LogP contribution in [0.25, 0.3) is 0 Å². The van der Waals surface area contributed by atoms with E-state index >= 15 is 13.2 Å². The van der Waals surface area contributed by atoms with E-state index in [2.05, 4.69) is 0 Å². The molecule has 3 unspecified atom stereocenters. The van der Waals surface area contributed by atoms with Gasteiger partial charge in [-0.3, -0.25) is 0 Å². The van der Waals surface area contributed by atoms with Crippen molar-refractivity contribution in [3.8, 4) is 17.2 Å². The summed E-state index contributed by atoms with van der Waals surface area (Å²) in [7, 11) is -3.42. The second-order valence-corrected chi connectivity index (χ2v) is 18.1. The van der Waals surface area contributed by atoms with Crippen LogP contribution in [0.1, 0.15) is 137 Å². The molecular formula is C52H54BF24NO6. The number of ether oxygens (including phenoxy) is 3. The third-order valence-electron chi connectivity index (χ3n) is 12.5. The van der Waals surface area contributed by atoms with Gasteiger partial charge in [0, 0.05) is 19.3 Å². The summed E-state index contributed by atoms with van der Waals surface area (Å²) in [6, 6.07) is 0.827. The molecule has 0 aromatic heterocycles. The molecule has 474 valence electrons. The predicted octanol–water partition coefficient (Wildman–Crippen LogP) is 19.0. The Morgan fingerprint density at radius 1 is 0.417 bits per heavy atom. The molecule has 0 aliphatic rings. The molecule has 0 spiro atoms. The second kappa shape index (κ2) is 27.9. The number of unbranched alkanes of at least 4 members (excludes halogenated alkanes) is 2. The van der Waals surface area contributed by atoms with Crippen LogP contribution in [0.15, 0.2) is 66.7 Å². The van der Waals surface area contributed by atoms with Crippen LogP contribution in [-0.4, -0.2) is 50.6 Å². The highest BCUT2D eigenvalue weighted by Gasteiger charge is 2.64. The van der Waals surface area contributed by atoms with E-state index in [1.165, 1.54) is 27.7 Å². The number of quaternary nitrogens is 1. The first-order chi connectivity index (χ1) is 38.3. The molecular weight excluding hydrogens is 1200 g/mol. The van der Waals surface area contributed by atoms with Crippen LogP contribution in [-0.2, 0) is 69.3 Å². The molecule has 0 N–H and O–H groups in total. The molecule has 4 rings (SSSR count). The van der Waals surface area contributed by atoms with Crippen molar-refractivity contribution in [3.05, 3.63) is 123 Å². The first-order valence-corrected chi connectivity index (χ1v) is 25.2. The van der Waals surface area contributed by atoms with Gasteiger partial charge in [-0.1, -0.05) is 45.2 Å². The molecule has 0 saturated heterocycles. The van der Waals surface area contributed by atoms with Gasteiger partial charge in [0.2, 0.25) is 5.72 Å². The van der Waals surface area contributed by atoms with Gasteiger partial charge in [0.1, 0.15) is 17.2 Å². The van der Waals surface area contributed by atoms with Crippen LogP contribution in [0.3, 0.4) is 0 Å². The molecule has 0 aliphatic carbocycles. The van der Waals surface area contributed by atoms with E-state index in [9.17, 15) is 92.2 Å². The molecule has 0 heterocycles. The number of hydrogen-bond donors (Lipinski definition) is 0. The molecule has 7 nitrogen and oxygen atoms in total. The Hall–Kier alpha value is -5.50. The Bertz CT molecular complexity index is 2550. The average molecular weight is 1260 g/mol. The third kappa shape index (κ3) is 18.3. The highest BCUT2D eigenvalue weighted by atomic mass is 19.4. The number of rotatable bonds is 23. The zero-order valence-electron chi connectivity index (χ0n) is 45.1. The first kappa shape index (κ1) is 72.8. The number of halogens is 24. The topological polar surface area (TPSA) is 55.4 Å². The van der Waals surface area contributed by atoms with Gasteiger partial charge in [-0.15, -0.1) is 6.07 Å². The number of hydrogen-bond acceptors (Lipinski definition) is 6. The van der Waals surface area contributed by atoms with Crippen molar-refractivity contribution >= 4 is 7.32 Å². The van der Waals surface area contributed by atoms with Crippen LogP contribution in [0.2, 0.25) is 0 Å². The number of benzene rings is 4. The molecule has 0 bridgehead atoms. The van der Waals surface area contributed by atoms with Gasteiger partial charge in [-0.05, 0) is 82.1 Å². The fraction of sp³-hybridized carbons (Fsp3) is 0.538. The summed E-state index contributed by atoms with van der Waals surface area (Å²) in [4.78, 5) is 0. The van der Waals surface area contributed by atoms with Crippen LogP contribution >= 0.6 is 0 Å². The Balaban J connectivity index is 0.00000115. The maximum Gasteiger partial charge on any atom is 0.864 e. The summed E-state index contributed by atoms with van der Waals surface area (Å²) in [6.07, 6.45) is -46.0. The van der Waals surface area contributed by atoms with E-state index in [1.807, 2.05) is 0 Å². The van der Waals surface area contributed by atoms with Crippen molar-refractivity contribution in [1.29, 1.82) is 0 Å². The zero-order chi connectivity index (χ0) is 64.5. The third-order valence-corrected chi connectivity index (χ3v) is 12.5. The SMILES string of the molecule is CCCCC[N+](C(CC)OCC)(C(CC)OCC)C(CC)(OCC)c1c(OB(Oc2cc(C(F)(F)F)cc(C(F)(F)F)c2)Oc2cc(C(F)(F)F)cc(C(F)(F)F)c2)cc(C(F)(F)F)cc1C(F)(F)F.FC(F)(F)c1c[c-]cc(C(F)(F)F)c1. The van der Waals surface area contributed by atoms with Crippen molar-refractivity contribution in [3.63, 3.8) is 0 Å². The second-order valence-electron chi connectivity index (χ2n) is 18.1. The van der Waals surface area contributed by atoms with Gasteiger partial charge >= 0.3 is 56.7 Å². The predicted molar refractivity (Wildman–Crippen MR) is 252 cm³/mol. The molecule has 0 saturated carbocycles. The minimum absolute atomic E-state index is 0.0521. The lowest BCUT2D eigenvalue weighted by Crippen LogP contribution is -2.74. The fourth-order valence-corrected chi connectivity index (χ4v) is 9.18. The minimum Gasteiger partial charge on any atom is -0.490 e. The van der Waals surface area contributed by atoms with Crippen molar-refractivity contribution in [2.45, 2.75) is 155 Å². The Labute approximate surface area is 465 Å². The average Bonchev–Trinajstić information content (AvgIpc) is 0.754. The number of alkyl halides is 24. The summed E-state index contributed by atoms with van der Waals surface area (Å²) in [5, 5.41) is 0. The maximum absolute atomic E-state index is 15.9. The van der Waals surface area contributed by atoms with Crippen molar-refractivity contribution in [2.24, 2.45) is 0 Å². The molecule has 3 atom stereocenters. The molecule has 4 aromatic rings. The van der Waals surface area contributed by atoms with Gasteiger partial charge in [0.25, 0.3) is 0 Å². The summed E-state index contributed by atoms with van der Waals surface area (Å²) in [5.74, 6) is -4.93. The van der Waals surface area contributed by atoms with Gasteiger partial charge in [0.05, 0.1) is 65.3 Å². The van der Waals surface area contributed by atoms with Gasteiger partial charge < -0.3 is 28.2 Å². The van der Waals surface area contributed by atoms with E-state index in [4.69, 9.17) is 28.2 Å². The van der Waals surface area contributed by atoms with Crippen LogP contribution in [0.5, 0.6) is 17.2 Å². The molecule has 0 amide bonds. The largest absolute Gasteiger partial charge is 0.864 e. The van der Waals surface area contributed by atoms with Gasteiger partial charge in [-0.2, -0.15) is 124 Å².